The van der Waals surface area contributed by atoms with Crippen molar-refractivity contribution in [2.75, 3.05) is 7.11 Å². The molecule has 1 rings (SSSR count). The fourth-order valence-corrected chi connectivity index (χ4v) is 1.39. The Morgan fingerprint density at radius 2 is 2.19 bits per heavy atom. The van der Waals surface area contributed by atoms with E-state index in [0.717, 1.165) is 13.2 Å². The van der Waals surface area contributed by atoms with Crippen molar-refractivity contribution < 1.29 is 29.2 Å². The summed E-state index contributed by atoms with van der Waals surface area (Å²) in [6, 6.07) is 0.787. The van der Waals surface area contributed by atoms with Crippen molar-refractivity contribution in [1.29, 1.82) is 0 Å². The molecule has 5 nitrogen and oxygen atoms in total. The lowest BCUT2D eigenvalue weighted by Gasteiger charge is -2.13. The number of benzene rings is 1. The summed E-state index contributed by atoms with van der Waals surface area (Å²) in [6.45, 7) is 0. The average Bonchev–Trinajstić information content (AvgIpc) is 2.23. The summed E-state index contributed by atoms with van der Waals surface area (Å²) in [5, 5.41) is 26.6. The Balaban J connectivity index is 3.47. The predicted molar refractivity (Wildman–Crippen MR) is 52.2 cm³/mol. The van der Waals surface area contributed by atoms with Crippen LogP contribution in [-0.2, 0) is 4.79 Å². The number of aliphatic hydroxyl groups is 1. The standard InChI is InChI=1S/C9H8ClFO5/c1-16-4-2-3(11)6(10)5(7(4)12)8(13)9(14)15/h2,8,12-13H,1H3,(H,14,15). The van der Waals surface area contributed by atoms with Crippen molar-refractivity contribution >= 4 is 17.6 Å². The first kappa shape index (κ1) is 12.5. The summed E-state index contributed by atoms with van der Waals surface area (Å²) >= 11 is 5.45. The summed E-state index contributed by atoms with van der Waals surface area (Å²) < 4.78 is 17.8. The number of carboxylic acid groups (broad SMARTS) is 1. The smallest absolute Gasteiger partial charge is 0.337 e. The molecule has 0 aliphatic carbocycles. The van der Waals surface area contributed by atoms with Gasteiger partial charge in [-0.15, -0.1) is 0 Å². The van der Waals surface area contributed by atoms with Crippen molar-refractivity contribution in [1.82, 2.24) is 0 Å². The lowest BCUT2D eigenvalue weighted by molar-refractivity contribution is -0.147. The average molecular weight is 251 g/mol. The van der Waals surface area contributed by atoms with E-state index in [1.807, 2.05) is 0 Å². The summed E-state index contributed by atoms with van der Waals surface area (Å²) in [5.41, 5.74) is -0.633. The maximum atomic E-state index is 13.2. The summed E-state index contributed by atoms with van der Waals surface area (Å²) in [5.74, 6) is -3.67. The second kappa shape index (κ2) is 4.54. The van der Waals surface area contributed by atoms with Crippen LogP contribution in [0.4, 0.5) is 4.39 Å². The Hall–Kier alpha value is -1.53. The Bertz CT molecular complexity index is 434. The molecule has 1 unspecified atom stereocenters. The van der Waals surface area contributed by atoms with Crippen LogP contribution in [0.25, 0.3) is 0 Å². The van der Waals surface area contributed by atoms with Crippen LogP contribution in [0.5, 0.6) is 11.5 Å². The maximum absolute atomic E-state index is 13.2. The first-order valence-corrected chi connectivity index (χ1v) is 4.43. The van der Waals surface area contributed by atoms with Crippen LogP contribution in [0.15, 0.2) is 6.07 Å². The van der Waals surface area contributed by atoms with Crippen molar-refractivity contribution in [3.8, 4) is 11.5 Å². The van der Waals surface area contributed by atoms with Gasteiger partial charge in [0.1, 0.15) is 5.82 Å². The molecule has 1 aromatic rings. The summed E-state index contributed by atoms with van der Waals surface area (Å²) in [4.78, 5) is 10.5. The maximum Gasteiger partial charge on any atom is 0.337 e. The summed E-state index contributed by atoms with van der Waals surface area (Å²) in [7, 11) is 1.15. The number of halogens is 2. The zero-order valence-electron chi connectivity index (χ0n) is 8.07. The lowest BCUT2D eigenvalue weighted by atomic mass is 10.1. The Labute approximate surface area is 94.7 Å². The molecule has 0 amide bonds. The monoisotopic (exact) mass is 250 g/mol. The minimum Gasteiger partial charge on any atom is -0.504 e. The number of rotatable bonds is 3. The van der Waals surface area contributed by atoms with E-state index < -0.39 is 34.2 Å². The third-order valence-electron chi connectivity index (χ3n) is 1.92. The molecule has 0 spiro atoms. The van der Waals surface area contributed by atoms with Gasteiger partial charge in [-0.3, -0.25) is 0 Å². The second-order valence-corrected chi connectivity index (χ2v) is 3.26. The van der Waals surface area contributed by atoms with Crippen molar-refractivity contribution in [2.45, 2.75) is 6.10 Å². The SMILES string of the molecule is COc1cc(F)c(Cl)c(C(O)C(=O)O)c1O. The van der Waals surface area contributed by atoms with Gasteiger partial charge in [-0.05, 0) is 0 Å². The molecule has 0 heterocycles. The number of phenols is 1. The van der Waals surface area contributed by atoms with E-state index in [2.05, 4.69) is 4.74 Å². The highest BCUT2D eigenvalue weighted by Crippen LogP contribution is 2.40. The first-order valence-electron chi connectivity index (χ1n) is 4.05. The lowest BCUT2D eigenvalue weighted by Crippen LogP contribution is -2.12. The van der Waals surface area contributed by atoms with Crippen LogP contribution in [0.3, 0.4) is 0 Å². The fraction of sp³-hybridized carbons (Fsp3) is 0.222. The zero-order chi connectivity index (χ0) is 12.5. The van der Waals surface area contributed by atoms with Gasteiger partial charge in [-0.2, -0.15) is 0 Å². The van der Waals surface area contributed by atoms with Gasteiger partial charge in [0.05, 0.1) is 17.7 Å². The van der Waals surface area contributed by atoms with Crippen LogP contribution in [0.2, 0.25) is 5.02 Å². The fourth-order valence-electron chi connectivity index (χ4n) is 1.14. The Morgan fingerprint density at radius 1 is 1.62 bits per heavy atom. The van der Waals surface area contributed by atoms with E-state index in [9.17, 15) is 19.4 Å². The van der Waals surface area contributed by atoms with Crippen molar-refractivity contribution in [2.24, 2.45) is 0 Å². The van der Waals surface area contributed by atoms with Crippen molar-refractivity contribution in [3.63, 3.8) is 0 Å². The highest BCUT2D eigenvalue weighted by atomic mass is 35.5. The zero-order valence-corrected chi connectivity index (χ0v) is 8.82. The minimum absolute atomic E-state index is 0.308. The Morgan fingerprint density at radius 3 is 2.62 bits per heavy atom. The normalized spacial score (nSPS) is 12.2. The number of phenolic OH excluding ortho intramolecular Hbond substituents is 1. The number of ether oxygens (including phenoxy) is 1. The van der Waals surface area contributed by atoms with Gasteiger partial charge in [-0.1, -0.05) is 11.6 Å². The van der Waals surface area contributed by atoms with Gasteiger partial charge >= 0.3 is 5.97 Å². The molecule has 0 fully saturated rings. The minimum atomic E-state index is -2.13. The molecule has 0 aromatic heterocycles. The quantitative estimate of drug-likeness (QED) is 0.753. The van der Waals surface area contributed by atoms with Gasteiger partial charge in [0, 0.05) is 6.07 Å². The number of hydrogen-bond donors (Lipinski definition) is 3. The molecule has 0 saturated heterocycles. The largest absolute Gasteiger partial charge is 0.504 e. The van der Waals surface area contributed by atoms with Gasteiger partial charge in [0.25, 0.3) is 0 Å². The predicted octanol–water partition coefficient (Wildman–Crippen LogP) is 1.31. The van der Waals surface area contributed by atoms with Crippen LogP contribution in [0.1, 0.15) is 11.7 Å². The molecule has 1 atom stereocenters. The number of aromatic hydroxyl groups is 1. The van der Waals surface area contributed by atoms with Crippen LogP contribution >= 0.6 is 11.6 Å². The third-order valence-corrected chi connectivity index (χ3v) is 2.30. The highest BCUT2D eigenvalue weighted by Gasteiger charge is 2.27. The number of carboxylic acids is 1. The van der Waals surface area contributed by atoms with E-state index in [1.54, 1.807) is 0 Å². The molecule has 0 radical (unpaired) electrons. The van der Waals surface area contributed by atoms with E-state index in [1.165, 1.54) is 0 Å². The van der Waals surface area contributed by atoms with E-state index in [0.29, 0.717) is 0 Å². The summed E-state index contributed by atoms with van der Waals surface area (Å²) in [6.07, 6.45) is -2.13. The number of hydrogen-bond acceptors (Lipinski definition) is 4. The molecule has 0 bridgehead atoms. The molecule has 3 N–H and O–H groups in total. The number of aliphatic hydroxyl groups excluding tert-OH is 1. The Kier molecular flexibility index (Phi) is 3.56. The molecular weight excluding hydrogens is 243 g/mol. The van der Waals surface area contributed by atoms with Crippen LogP contribution in [-0.4, -0.2) is 28.4 Å². The molecule has 1 aromatic carbocycles. The molecule has 88 valence electrons. The first-order chi connectivity index (χ1) is 7.40. The molecule has 0 aliphatic heterocycles. The number of carbonyl (C=O) groups is 1. The molecule has 0 aliphatic rings. The molecule has 16 heavy (non-hydrogen) atoms. The number of aliphatic carboxylic acids is 1. The van der Waals surface area contributed by atoms with Crippen LogP contribution in [0, 0.1) is 5.82 Å². The third kappa shape index (κ3) is 2.02. The molecular formula is C9H8ClFO5. The van der Waals surface area contributed by atoms with Crippen molar-refractivity contribution in [3.05, 3.63) is 22.5 Å². The van der Waals surface area contributed by atoms with Gasteiger partial charge < -0.3 is 20.1 Å². The van der Waals surface area contributed by atoms with E-state index in [-0.39, 0.29) is 5.75 Å². The topological polar surface area (TPSA) is 87.0 Å². The second-order valence-electron chi connectivity index (χ2n) is 2.88. The van der Waals surface area contributed by atoms with Gasteiger partial charge in [0.15, 0.2) is 17.6 Å². The van der Waals surface area contributed by atoms with E-state index >= 15 is 0 Å². The highest BCUT2D eigenvalue weighted by molar-refractivity contribution is 6.32. The van der Waals surface area contributed by atoms with Gasteiger partial charge in [-0.25, -0.2) is 9.18 Å². The molecule has 0 saturated carbocycles. The number of methoxy groups -OCH3 is 1. The van der Waals surface area contributed by atoms with Gasteiger partial charge in [0.2, 0.25) is 0 Å². The molecule has 7 heteroatoms. The van der Waals surface area contributed by atoms with E-state index in [4.69, 9.17) is 16.7 Å². The van der Waals surface area contributed by atoms with Crippen LogP contribution < -0.4 is 4.74 Å².